The highest BCUT2D eigenvalue weighted by atomic mass is 35.5. The van der Waals surface area contributed by atoms with Gasteiger partial charge in [-0.3, -0.25) is 14.5 Å². The number of amides is 1. The number of carbonyl (C=O) groups excluding carboxylic acids is 2. The Morgan fingerprint density at radius 3 is 2.97 bits per heavy atom. The number of anilines is 2. The molecule has 1 fully saturated rings. The van der Waals surface area contributed by atoms with Crippen LogP contribution in [0.2, 0.25) is 5.02 Å². The second-order valence-electron chi connectivity index (χ2n) is 9.33. The molecule has 4 heterocycles. The number of nitrogens with zero attached hydrogens (tertiary/aromatic N) is 4. The number of rotatable bonds is 7. The molecule has 1 N–H and O–H groups in total. The lowest BCUT2D eigenvalue weighted by atomic mass is 10.0. The number of carbonyl (C=O) groups is 2. The molecule has 5 rings (SSSR count). The van der Waals surface area contributed by atoms with Crippen LogP contribution in [0.4, 0.5) is 15.9 Å². The molecule has 11 heteroatoms. The highest BCUT2D eigenvalue weighted by Gasteiger charge is 2.29. The van der Waals surface area contributed by atoms with Gasteiger partial charge in [-0.15, -0.1) is 11.3 Å². The molecule has 2 aromatic heterocycles. The molecule has 1 unspecified atom stereocenters. The number of hydrogen-bond donors (Lipinski definition) is 1. The topological polar surface area (TPSA) is 87.7 Å². The molecular formula is C27H29ClFN5O3S. The van der Waals surface area contributed by atoms with Gasteiger partial charge in [-0.2, -0.15) is 0 Å². The molecule has 0 saturated carbocycles. The first kappa shape index (κ1) is 26.5. The largest absolute Gasteiger partial charge is 0.465 e. The summed E-state index contributed by atoms with van der Waals surface area (Å²) in [7, 11) is 0. The lowest BCUT2D eigenvalue weighted by Gasteiger charge is -2.33. The van der Waals surface area contributed by atoms with Crippen molar-refractivity contribution in [1.82, 2.24) is 19.8 Å². The molecule has 0 bridgehead atoms. The molecule has 1 aromatic carbocycles. The van der Waals surface area contributed by atoms with E-state index in [1.54, 1.807) is 23.5 Å². The Bertz CT molecular complexity index is 1380. The number of benzene rings is 1. The van der Waals surface area contributed by atoms with Crippen LogP contribution in [0.1, 0.15) is 36.6 Å². The first-order valence-corrected chi connectivity index (χ1v) is 14.0. The third kappa shape index (κ3) is 5.67. The standard InChI is InChI=1S/C27H29ClFN5O3S/c1-2-37-27(36)21-6-3-4-11-33(21)12-5-7-23(35)34-13-10-18-22(15-34)38-26-24(18)25(30-16-31-26)32-17-8-9-20(29)19(28)14-17/h5,7-9,14,16,21H,2-4,6,10-13,15H2,1H3,(H,30,31,32)/b7-5+. The Labute approximate surface area is 229 Å². The number of likely N-dealkylation sites (tertiary alicyclic amines) is 1. The van der Waals surface area contributed by atoms with Crippen molar-refractivity contribution < 1.29 is 18.7 Å². The summed E-state index contributed by atoms with van der Waals surface area (Å²) in [5.41, 5.74) is 1.76. The maximum Gasteiger partial charge on any atom is 0.323 e. The van der Waals surface area contributed by atoms with Crippen molar-refractivity contribution in [2.24, 2.45) is 0 Å². The minimum atomic E-state index is -0.480. The zero-order valence-corrected chi connectivity index (χ0v) is 22.7. The number of halogens is 2. The van der Waals surface area contributed by atoms with Gasteiger partial charge in [0, 0.05) is 29.7 Å². The quantitative estimate of drug-likeness (QED) is 0.320. The van der Waals surface area contributed by atoms with Crippen molar-refractivity contribution in [1.29, 1.82) is 0 Å². The smallest absolute Gasteiger partial charge is 0.323 e. The minimum absolute atomic E-state index is 0.0338. The lowest BCUT2D eigenvalue weighted by molar-refractivity contribution is -0.150. The van der Waals surface area contributed by atoms with E-state index in [-0.39, 0.29) is 22.9 Å². The molecule has 2 aliphatic heterocycles. The Morgan fingerprint density at radius 2 is 2.16 bits per heavy atom. The fraction of sp³-hybridized carbons (Fsp3) is 0.407. The Kier molecular flexibility index (Phi) is 8.21. The lowest BCUT2D eigenvalue weighted by Crippen LogP contribution is -2.45. The summed E-state index contributed by atoms with van der Waals surface area (Å²) in [6, 6.07) is 4.20. The Hall–Kier alpha value is -3.08. The zero-order valence-electron chi connectivity index (χ0n) is 21.1. The van der Waals surface area contributed by atoms with Gasteiger partial charge in [0.05, 0.1) is 23.6 Å². The summed E-state index contributed by atoms with van der Waals surface area (Å²) in [6.45, 7) is 4.61. The van der Waals surface area contributed by atoms with Crippen molar-refractivity contribution >= 4 is 56.5 Å². The third-order valence-corrected chi connectivity index (χ3v) is 8.32. The van der Waals surface area contributed by atoms with Crippen molar-refractivity contribution in [3.05, 3.63) is 58.0 Å². The number of fused-ring (bicyclic) bond motifs is 3. The minimum Gasteiger partial charge on any atom is -0.465 e. The molecule has 1 amide bonds. The predicted molar refractivity (Wildman–Crippen MR) is 146 cm³/mol. The summed E-state index contributed by atoms with van der Waals surface area (Å²) >= 11 is 7.49. The second kappa shape index (κ2) is 11.8. The van der Waals surface area contributed by atoms with Crippen LogP contribution in [0.5, 0.6) is 0 Å². The van der Waals surface area contributed by atoms with Crippen molar-refractivity contribution in [3.8, 4) is 0 Å². The molecule has 0 radical (unpaired) electrons. The van der Waals surface area contributed by atoms with E-state index in [0.29, 0.717) is 44.2 Å². The van der Waals surface area contributed by atoms with Crippen LogP contribution < -0.4 is 5.32 Å². The van der Waals surface area contributed by atoms with Crippen LogP contribution in [0.15, 0.2) is 36.7 Å². The number of piperidine rings is 1. The molecule has 0 aliphatic carbocycles. The van der Waals surface area contributed by atoms with Crippen molar-refractivity contribution in [3.63, 3.8) is 0 Å². The van der Waals surface area contributed by atoms with Crippen LogP contribution in [0.3, 0.4) is 0 Å². The summed E-state index contributed by atoms with van der Waals surface area (Å²) in [5, 5.41) is 4.19. The molecule has 1 atom stereocenters. The van der Waals surface area contributed by atoms with E-state index in [9.17, 15) is 14.0 Å². The van der Waals surface area contributed by atoms with Gasteiger partial charge in [0.25, 0.3) is 0 Å². The van der Waals surface area contributed by atoms with Gasteiger partial charge in [-0.25, -0.2) is 14.4 Å². The summed E-state index contributed by atoms with van der Waals surface area (Å²) in [4.78, 5) is 40.0. The van der Waals surface area contributed by atoms with E-state index in [1.165, 1.54) is 18.5 Å². The number of aromatic nitrogens is 2. The molecular weight excluding hydrogens is 529 g/mol. The SMILES string of the molecule is CCOC(=O)C1CCCCN1C/C=C/C(=O)N1CCc2c(sc3ncnc(Nc4ccc(F)c(Cl)c4)c23)C1. The Morgan fingerprint density at radius 1 is 1.29 bits per heavy atom. The van der Waals surface area contributed by atoms with Gasteiger partial charge >= 0.3 is 5.97 Å². The van der Waals surface area contributed by atoms with Gasteiger partial charge < -0.3 is 15.0 Å². The van der Waals surface area contributed by atoms with Gasteiger partial charge in [0.1, 0.15) is 28.8 Å². The maximum absolute atomic E-state index is 13.6. The second-order valence-corrected chi connectivity index (χ2v) is 10.8. The molecule has 1 saturated heterocycles. The molecule has 3 aromatic rings. The van der Waals surface area contributed by atoms with Crippen LogP contribution in [0.25, 0.3) is 10.2 Å². The maximum atomic E-state index is 13.6. The number of esters is 1. The molecule has 200 valence electrons. The highest BCUT2D eigenvalue weighted by molar-refractivity contribution is 7.19. The monoisotopic (exact) mass is 557 g/mol. The van der Waals surface area contributed by atoms with Crippen molar-refractivity contribution in [2.75, 3.05) is 31.6 Å². The van der Waals surface area contributed by atoms with E-state index in [4.69, 9.17) is 16.3 Å². The van der Waals surface area contributed by atoms with E-state index in [0.717, 1.165) is 46.5 Å². The van der Waals surface area contributed by atoms with Crippen LogP contribution in [0, 0.1) is 5.82 Å². The van der Waals surface area contributed by atoms with E-state index in [1.807, 2.05) is 17.9 Å². The fourth-order valence-corrected chi connectivity index (χ4v) is 6.41. The van der Waals surface area contributed by atoms with Gasteiger partial charge in [0.15, 0.2) is 0 Å². The van der Waals surface area contributed by atoms with Crippen molar-refractivity contribution in [2.45, 2.75) is 45.2 Å². The van der Waals surface area contributed by atoms with E-state index < -0.39 is 5.82 Å². The third-order valence-electron chi connectivity index (χ3n) is 6.90. The number of hydrogen-bond acceptors (Lipinski definition) is 8. The zero-order chi connectivity index (χ0) is 26.6. The number of thiophene rings is 1. The molecule has 2 aliphatic rings. The van der Waals surface area contributed by atoms with Gasteiger partial charge in [-0.05, 0) is 56.5 Å². The molecule has 38 heavy (non-hydrogen) atoms. The van der Waals surface area contributed by atoms with Gasteiger partial charge in [-0.1, -0.05) is 24.1 Å². The summed E-state index contributed by atoms with van der Waals surface area (Å²) < 4.78 is 18.8. The first-order chi connectivity index (χ1) is 18.4. The molecule has 8 nitrogen and oxygen atoms in total. The normalized spacial score (nSPS) is 18.1. The van der Waals surface area contributed by atoms with Gasteiger partial charge in [0.2, 0.25) is 5.91 Å². The van der Waals surface area contributed by atoms with E-state index in [2.05, 4.69) is 20.2 Å². The van der Waals surface area contributed by atoms with E-state index >= 15 is 0 Å². The number of nitrogens with one attached hydrogen (secondary N) is 1. The van der Waals surface area contributed by atoms with Crippen LogP contribution >= 0.6 is 22.9 Å². The number of ether oxygens (including phenoxy) is 1. The predicted octanol–water partition coefficient (Wildman–Crippen LogP) is 5.09. The fourth-order valence-electron chi connectivity index (χ4n) is 5.03. The first-order valence-electron chi connectivity index (χ1n) is 12.8. The summed E-state index contributed by atoms with van der Waals surface area (Å²) in [5.74, 6) is -0.0815. The van der Waals surface area contributed by atoms with Crippen LogP contribution in [-0.2, 0) is 27.3 Å². The summed E-state index contributed by atoms with van der Waals surface area (Å²) in [6.07, 6.45) is 8.46. The highest BCUT2D eigenvalue weighted by Crippen LogP contribution is 2.38. The van der Waals surface area contributed by atoms with Crippen LogP contribution in [-0.4, -0.2) is 63.9 Å². The average molecular weight is 558 g/mol. The average Bonchev–Trinajstić information content (AvgIpc) is 3.30. The Balaban J connectivity index is 1.26. The molecule has 0 spiro atoms.